The zero-order chi connectivity index (χ0) is 9.84. The van der Waals surface area contributed by atoms with Crippen LogP contribution in [0, 0.1) is 0 Å². The number of Topliss-reactive ketones (excluding diaryl/α,β-unsaturated/α-hetero) is 1. The van der Waals surface area contributed by atoms with Crippen molar-refractivity contribution in [1.29, 1.82) is 0 Å². The van der Waals surface area contributed by atoms with Crippen molar-refractivity contribution >= 4 is 5.78 Å². The molecule has 0 spiro atoms. The maximum Gasteiger partial charge on any atom is 0.197 e. The third-order valence-electron chi connectivity index (χ3n) is 1.63. The molecule has 1 aromatic rings. The van der Waals surface area contributed by atoms with Gasteiger partial charge in [-0.05, 0) is 13.0 Å². The van der Waals surface area contributed by atoms with Gasteiger partial charge in [0.05, 0.1) is 13.2 Å². The molecule has 0 amide bonds. The van der Waals surface area contributed by atoms with Crippen LogP contribution in [0.4, 0.5) is 0 Å². The fourth-order valence-electron chi connectivity index (χ4n) is 0.906. The predicted molar refractivity (Wildman–Crippen MR) is 48.8 cm³/mol. The summed E-state index contributed by atoms with van der Waals surface area (Å²) in [6.07, 6.45) is 1.52. The maximum atomic E-state index is 11.4. The second kappa shape index (κ2) is 4.00. The van der Waals surface area contributed by atoms with Crippen molar-refractivity contribution in [2.24, 2.45) is 5.73 Å². The van der Waals surface area contributed by atoms with Crippen LogP contribution >= 0.6 is 0 Å². The lowest BCUT2D eigenvalue weighted by molar-refractivity contribution is 0.0962. The average Bonchev–Trinajstić information content (AvgIpc) is 2.16. The van der Waals surface area contributed by atoms with Gasteiger partial charge >= 0.3 is 0 Å². The molecule has 1 rings (SSSR count). The number of pyridine rings is 1. The molecule has 0 aliphatic heterocycles. The number of carbonyl (C=O) groups is 1. The van der Waals surface area contributed by atoms with Crippen molar-refractivity contribution in [2.75, 3.05) is 7.11 Å². The van der Waals surface area contributed by atoms with E-state index in [9.17, 15) is 4.79 Å². The minimum atomic E-state index is -0.528. The first-order valence-corrected chi connectivity index (χ1v) is 3.95. The average molecular weight is 180 g/mol. The minimum absolute atomic E-state index is 0.182. The predicted octanol–water partition coefficient (Wildman–Crippen LogP) is 0.620. The molecule has 1 aromatic heterocycles. The third-order valence-corrected chi connectivity index (χ3v) is 1.63. The molecular weight excluding hydrogens is 168 g/mol. The summed E-state index contributed by atoms with van der Waals surface area (Å²) < 4.78 is 4.95. The smallest absolute Gasteiger partial charge is 0.197 e. The number of ether oxygens (including phenoxy) is 1. The lowest BCUT2D eigenvalue weighted by Gasteiger charge is -2.04. The van der Waals surface area contributed by atoms with Gasteiger partial charge in [0, 0.05) is 12.3 Å². The Kier molecular flexibility index (Phi) is 2.97. The molecule has 2 N–H and O–H groups in total. The number of aromatic nitrogens is 1. The first kappa shape index (κ1) is 9.67. The zero-order valence-corrected chi connectivity index (χ0v) is 7.65. The lowest BCUT2D eigenvalue weighted by Crippen LogP contribution is -2.27. The van der Waals surface area contributed by atoms with Gasteiger partial charge in [0.2, 0.25) is 0 Å². The summed E-state index contributed by atoms with van der Waals surface area (Å²) in [5, 5.41) is 0. The Hall–Kier alpha value is -1.42. The Morgan fingerprint density at radius 1 is 1.69 bits per heavy atom. The second-order valence-corrected chi connectivity index (χ2v) is 2.73. The standard InChI is InChI=1S/C9H12N2O2/c1-6(10)9(12)8-5-7(13-2)3-4-11-8/h3-6H,10H2,1-2H3. The highest BCUT2D eigenvalue weighted by molar-refractivity contribution is 5.98. The van der Waals surface area contributed by atoms with E-state index in [0.717, 1.165) is 0 Å². The van der Waals surface area contributed by atoms with Gasteiger partial charge in [-0.25, -0.2) is 0 Å². The summed E-state index contributed by atoms with van der Waals surface area (Å²) >= 11 is 0. The van der Waals surface area contributed by atoms with E-state index in [1.807, 2.05) is 0 Å². The first-order chi connectivity index (χ1) is 6.15. The highest BCUT2D eigenvalue weighted by Gasteiger charge is 2.12. The first-order valence-electron chi connectivity index (χ1n) is 3.95. The van der Waals surface area contributed by atoms with Gasteiger partial charge in [0.1, 0.15) is 11.4 Å². The number of rotatable bonds is 3. The van der Waals surface area contributed by atoms with Crippen molar-refractivity contribution in [2.45, 2.75) is 13.0 Å². The fourth-order valence-corrected chi connectivity index (χ4v) is 0.906. The molecule has 0 aliphatic carbocycles. The summed E-state index contributed by atoms with van der Waals surface area (Å²) in [6.45, 7) is 1.63. The van der Waals surface area contributed by atoms with Crippen LogP contribution in [0.5, 0.6) is 5.75 Å². The number of carbonyl (C=O) groups excluding carboxylic acids is 1. The SMILES string of the molecule is COc1ccnc(C(=O)C(C)N)c1. The van der Waals surface area contributed by atoms with Gasteiger partial charge in [-0.3, -0.25) is 9.78 Å². The van der Waals surface area contributed by atoms with Crippen LogP contribution in [-0.2, 0) is 0 Å². The largest absolute Gasteiger partial charge is 0.497 e. The Morgan fingerprint density at radius 3 is 2.92 bits per heavy atom. The van der Waals surface area contributed by atoms with Crippen molar-refractivity contribution < 1.29 is 9.53 Å². The monoisotopic (exact) mass is 180 g/mol. The van der Waals surface area contributed by atoms with Gasteiger partial charge in [0.25, 0.3) is 0 Å². The van der Waals surface area contributed by atoms with Crippen LogP contribution in [-0.4, -0.2) is 23.9 Å². The molecule has 0 fully saturated rings. The minimum Gasteiger partial charge on any atom is -0.497 e. The van der Waals surface area contributed by atoms with E-state index in [1.54, 1.807) is 19.1 Å². The number of ketones is 1. The van der Waals surface area contributed by atoms with E-state index in [-0.39, 0.29) is 5.78 Å². The van der Waals surface area contributed by atoms with Gasteiger partial charge in [-0.1, -0.05) is 0 Å². The Labute approximate surface area is 76.7 Å². The zero-order valence-electron chi connectivity index (χ0n) is 7.65. The quantitative estimate of drug-likeness (QED) is 0.692. The van der Waals surface area contributed by atoms with Gasteiger partial charge in [0.15, 0.2) is 5.78 Å². The van der Waals surface area contributed by atoms with E-state index in [2.05, 4.69) is 4.98 Å². The van der Waals surface area contributed by atoms with Gasteiger partial charge in [-0.15, -0.1) is 0 Å². The third kappa shape index (κ3) is 2.26. The normalized spacial score (nSPS) is 12.2. The van der Waals surface area contributed by atoms with Gasteiger partial charge in [-0.2, -0.15) is 0 Å². The summed E-state index contributed by atoms with van der Waals surface area (Å²) in [5.74, 6) is 0.429. The van der Waals surface area contributed by atoms with Crippen molar-refractivity contribution in [3.8, 4) is 5.75 Å². The number of nitrogens with zero attached hydrogens (tertiary/aromatic N) is 1. The van der Waals surface area contributed by atoms with Crippen LogP contribution in [0.1, 0.15) is 17.4 Å². The topological polar surface area (TPSA) is 65.2 Å². The molecular formula is C9H12N2O2. The molecule has 4 nitrogen and oxygen atoms in total. The van der Waals surface area contributed by atoms with E-state index >= 15 is 0 Å². The molecule has 13 heavy (non-hydrogen) atoms. The van der Waals surface area contributed by atoms with E-state index < -0.39 is 6.04 Å². The van der Waals surface area contributed by atoms with Crippen LogP contribution in [0.15, 0.2) is 18.3 Å². The highest BCUT2D eigenvalue weighted by Crippen LogP contribution is 2.10. The summed E-state index contributed by atoms with van der Waals surface area (Å²) in [7, 11) is 1.54. The molecule has 0 saturated heterocycles. The van der Waals surface area contributed by atoms with Crippen LogP contribution in [0.3, 0.4) is 0 Å². The molecule has 0 aliphatic rings. The van der Waals surface area contributed by atoms with E-state index in [4.69, 9.17) is 10.5 Å². The van der Waals surface area contributed by atoms with E-state index in [0.29, 0.717) is 11.4 Å². The molecule has 0 aromatic carbocycles. The number of nitrogens with two attached hydrogens (primary N) is 1. The van der Waals surface area contributed by atoms with E-state index in [1.165, 1.54) is 13.3 Å². The van der Waals surface area contributed by atoms with Crippen LogP contribution < -0.4 is 10.5 Å². The maximum absolute atomic E-state index is 11.4. The summed E-state index contributed by atoms with van der Waals surface area (Å²) in [6, 6.07) is 2.73. The Bertz CT molecular complexity index is 310. The van der Waals surface area contributed by atoms with Crippen LogP contribution in [0.2, 0.25) is 0 Å². The molecule has 0 radical (unpaired) electrons. The molecule has 1 heterocycles. The summed E-state index contributed by atoms with van der Waals surface area (Å²) in [5.41, 5.74) is 5.77. The molecule has 4 heteroatoms. The van der Waals surface area contributed by atoms with Crippen molar-refractivity contribution in [1.82, 2.24) is 4.98 Å². The van der Waals surface area contributed by atoms with Crippen molar-refractivity contribution in [3.05, 3.63) is 24.0 Å². The number of hydrogen-bond donors (Lipinski definition) is 1. The Morgan fingerprint density at radius 2 is 2.38 bits per heavy atom. The number of hydrogen-bond acceptors (Lipinski definition) is 4. The molecule has 1 atom stereocenters. The lowest BCUT2D eigenvalue weighted by atomic mass is 10.1. The van der Waals surface area contributed by atoms with Crippen LogP contribution in [0.25, 0.3) is 0 Å². The fraction of sp³-hybridized carbons (Fsp3) is 0.333. The van der Waals surface area contributed by atoms with Crippen molar-refractivity contribution in [3.63, 3.8) is 0 Å². The molecule has 1 unspecified atom stereocenters. The highest BCUT2D eigenvalue weighted by atomic mass is 16.5. The molecule has 70 valence electrons. The van der Waals surface area contributed by atoms with Gasteiger partial charge < -0.3 is 10.5 Å². The summed E-state index contributed by atoms with van der Waals surface area (Å²) in [4.78, 5) is 15.3. The molecule has 0 saturated carbocycles. The number of methoxy groups -OCH3 is 1. The second-order valence-electron chi connectivity index (χ2n) is 2.73. The molecule has 0 bridgehead atoms. The Balaban J connectivity index is 2.95.